The SMILES string of the molecule is O=C(CSc1nnc(Nc2cccc(Br)c2)s1)N1CCNC1=O. The molecular formula is C13H12BrN5O2S2. The van der Waals surface area contributed by atoms with Gasteiger partial charge in [-0.25, -0.2) is 4.79 Å². The molecule has 2 aromatic rings. The molecular weight excluding hydrogens is 402 g/mol. The third-order valence-corrected chi connectivity index (χ3v) is 5.41. The van der Waals surface area contributed by atoms with E-state index in [1.54, 1.807) is 0 Å². The minimum absolute atomic E-state index is 0.166. The van der Waals surface area contributed by atoms with E-state index in [0.29, 0.717) is 22.6 Å². The molecule has 0 aliphatic carbocycles. The second-order valence-electron chi connectivity index (χ2n) is 4.57. The highest BCUT2D eigenvalue weighted by Crippen LogP contribution is 2.28. The van der Waals surface area contributed by atoms with Crippen LogP contribution in [-0.4, -0.2) is 45.9 Å². The van der Waals surface area contributed by atoms with E-state index in [9.17, 15) is 9.59 Å². The van der Waals surface area contributed by atoms with Gasteiger partial charge in [0.15, 0.2) is 4.34 Å². The van der Waals surface area contributed by atoms with E-state index in [2.05, 4.69) is 36.8 Å². The number of carbonyl (C=O) groups is 2. The smallest absolute Gasteiger partial charge is 0.324 e. The molecule has 1 aliphatic heterocycles. The number of nitrogens with one attached hydrogen (secondary N) is 2. The van der Waals surface area contributed by atoms with Crippen molar-refractivity contribution in [1.82, 2.24) is 20.4 Å². The first-order valence-corrected chi connectivity index (χ1v) is 9.28. The van der Waals surface area contributed by atoms with Crippen LogP contribution < -0.4 is 10.6 Å². The summed E-state index contributed by atoms with van der Waals surface area (Å²) in [6.45, 7) is 0.929. The number of rotatable bonds is 5. The first-order chi connectivity index (χ1) is 11.1. The minimum atomic E-state index is -0.329. The highest BCUT2D eigenvalue weighted by molar-refractivity contribution is 9.10. The van der Waals surface area contributed by atoms with Crippen LogP contribution in [0.4, 0.5) is 15.6 Å². The molecule has 3 amide bonds. The average Bonchev–Trinajstić information content (AvgIpc) is 3.14. The van der Waals surface area contributed by atoms with Crippen molar-refractivity contribution in [2.24, 2.45) is 0 Å². The van der Waals surface area contributed by atoms with Crippen molar-refractivity contribution in [3.05, 3.63) is 28.7 Å². The minimum Gasteiger partial charge on any atom is -0.336 e. The quantitative estimate of drug-likeness (QED) is 0.732. The zero-order valence-electron chi connectivity index (χ0n) is 11.8. The van der Waals surface area contributed by atoms with Gasteiger partial charge in [-0.05, 0) is 18.2 Å². The Labute approximate surface area is 149 Å². The van der Waals surface area contributed by atoms with Gasteiger partial charge in [0, 0.05) is 23.2 Å². The molecule has 1 aliphatic rings. The normalized spacial score (nSPS) is 14.0. The summed E-state index contributed by atoms with van der Waals surface area (Å²) in [6, 6.07) is 7.39. The summed E-state index contributed by atoms with van der Waals surface area (Å²) in [4.78, 5) is 24.6. The topological polar surface area (TPSA) is 87.2 Å². The van der Waals surface area contributed by atoms with E-state index < -0.39 is 0 Å². The number of urea groups is 1. The number of halogens is 1. The van der Waals surface area contributed by atoms with Gasteiger partial charge >= 0.3 is 6.03 Å². The van der Waals surface area contributed by atoms with E-state index in [4.69, 9.17) is 0 Å². The largest absolute Gasteiger partial charge is 0.336 e. The molecule has 2 heterocycles. The van der Waals surface area contributed by atoms with Gasteiger partial charge in [-0.15, -0.1) is 10.2 Å². The third kappa shape index (κ3) is 4.21. The molecule has 0 unspecified atom stereocenters. The molecule has 1 fully saturated rings. The molecule has 1 saturated heterocycles. The number of nitrogens with zero attached hydrogens (tertiary/aromatic N) is 3. The Morgan fingerprint density at radius 3 is 3.09 bits per heavy atom. The molecule has 120 valence electrons. The molecule has 0 radical (unpaired) electrons. The first-order valence-electron chi connectivity index (χ1n) is 6.69. The lowest BCUT2D eigenvalue weighted by molar-refractivity contribution is -0.124. The van der Waals surface area contributed by atoms with Crippen LogP contribution in [0.5, 0.6) is 0 Å². The molecule has 0 atom stereocenters. The van der Waals surface area contributed by atoms with Crippen molar-refractivity contribution in [1.29, 1.82) is 0 Å². The van der Waals surface area contributed by atoms with Crippen molar-refractivity contribution < 1.29 is 9.59 Å². The fourth-order valence-corrected chi connectivity index (χ4v) is 3.97. The van der Waals surface area contributed by atoms with Crippen LogP contribution in [0.1, 0.15) is 0 Å². The highest BCUT2D eigenvalue weighted by Gasteiger charge is 2.26. The lowest BCUT2D eigenvalue weighted by Gasteiger charge is -2.10. The van der Waals surface area contributed by atoms with Gasteiger partial charge in [0.1, 0.15) is 0 Å². The predicted molar refractivity (Wildman–Crippen MR) is 93.2 cm³/mol. The summed E-state index contributed by atoms with van der Waals surface area (Å²) < 4.78 is 1.64. The van der Waals surface area contributed by atoms with Gasteiger partial charge < -0.3 is 10.6 Å². The summed E-state index contributed by atoms with van der Waals surface area (Å²) in [5, 5.41) is 14.5. The lowest BCUT2D eigenvalue weighted by Crippen LogP contribution is -2.35. The van der Waals surface area contributed by atoms with Gasteiger partial charge in [0.05, 0.1) is 5.75 Å². The Balaban J connectivity index is 1.55. The van der Waals surface area contributed by atoms with Gasteiger partial charge in [-0.2, -0.15) is 0 Å². The number of hydrogen-bond donors (Lipinski definition) is 2. The van der Waals surface area contributed by atoms with Crippen LogP contribution >= 0.6 is 39.0 Å². The number of amides is 3. The Hall–Kier alpha value is -1.65. The number of carbonyl (C=O) groups excluding carboxylic acids is 2. The van der Waals surface area contributed by atoms with Gasteiger partial charge in [-0.1, -0.05) is 45.1 Å². The number of anilines is 2. The maximum Gasteiger partial charge on any atom is 0.324 e. The third-order valence-electron chi connectivity index (χ3n) is 2.96. The standard InChI is InChI=1S/C13H12BrN5O2S2/c14-8-2-1-3-9(6-8)16-11-17-18-13(23-11)22-7-10(20)19-5-4-15-12(19)21/h1-3,6H,4-5,7H2,(H,15,21)(H,16,17). The Bertz CT molecular complexity index is 739. The van der Waals surface area contributed by atoms with Crippen LogP contribution in [0, 0.1) is 0 Å². The molecule has 7 nitrogen and oxygen atoms in total. The molecule has 0 saturated carbocycles. The summed E-state index contributed by atoms with van der Waals surface area (Å²) in [5.74, 6) is -0.0550. The summed E-state index contributed by atoms with van der Waals surface area (Å²) in [5.41, 5.74) is 0.900. The van der Waals surface area contributed by atoms with E-state index in [1.165, 1.54) is 28.0 Å². The van der Waals surface area contributed by atoms with Gasteiger partial charge in [-0.3, -0.25) is 9.69 Å². The van der Waals surface area contributed by atoms with Crippen LogP contribution in [0.25, 0.3) is 0 Å². The Kier molecular flexibility index (Phi) is 5.13. The second kappa shape index (κ2) is 7.28. The van der Waals surface area contributed by atoms with Crippen LogP contribution in [0.2, 0.25) is 0 Å². The fraction of sp³-hybridized carbons (Fsp3) is 0.231. The maximum atomic E-state index is 11.9. The Morgan fingerprint density at radius 2 is 2.35 bits per heavy atom. The maximum absolute atomic E-state index is 11.9. The van der Waals surface area contributed by atoms with E-state index in [0.717, 1.165) is 10.2 Å². The number of aromatic nitrogens is 2. The van der Waals surface area contributed by atoms with Gasteiger partial charge in [0.2, 0.25) is 11.0 Å². The van der Waals surface area contributed by atoms with Crippen LogP contribution in [0.15, 0.2) is 33.1 Å². The van der Waals surface area contributed by atoms with Crippen molar-refractivity contribution in [3.8, 4) is 0 Å². The number of hydrogen-bond acceptors (Lipinski definition) is 7. The molecule has 3 rings (SSSR count). The van der Waals surface area contributed by atoms with Crippen molar-refractivity contribution in [2.45, 2.75) is 4.34 Å². The molecule has 1 aromatic carbocycles. The molecule has 2 N–H and O–H groups in total. The van der Waals surface area contributed by atoms with Crippen molar-refractivity contribution in [2.75, 3.05) is 24.2 Å². The summed E-state index contributed by atoms with van der Waals surface area (Å²) >= 11 is 6.05. The zero-order chi connectivity index (χ0) is 16.2. The highest BCUT2D eigenvalue weighted by atomic mass is 79.9. The first kappa shape index (κ1) is 16.2. The van der Waals surface area contributed by atoms with E-state index in [1.807, 2.05) is 24.3 Å². The van der Waals surface area contributed by atoms with E-state index in [-0.39, 0.29) is 17.7 Å². The van der Waals surface area contributed by atoms with Crippen LogP contribution in [-0.2, 0) is 4.79 Å². The average molecular weight is 414 g/mol. The molecule has 0 bridgehead atoms. The Morgan fingerprint density at radius 1 is 1.48 bits per heavy atom. The number of thioether (sulfide) groups is 1. The molecule has 10 heteroatoms. The fourth-order valence-electron chi connectivity index (χ4n) is 1.92. The van der Waals surface area contributed by atoms with Crippen molar-refractivity contribution in [3.63, 3.8) is 0 Å². The number of benzene rings is 1. The van der Waals surface area contributed by atoms with Crippen LogP contribution in [0.3, 0.4) is 0 Å². The summed E-state index contributed by atoms with van der Waals surface area (Å²) in [6.07, 6.45) is 0. The second-order valence-corrected chi connectivity index (χ2v) is 7.69. The summed E-state index contributed by atoms with van der Waals surface area (Å²) in [7, 11) is 0. The lowest BCUT2D eigenvalue weighted by atomic mass is 10.3. The zero-order valence-corrected chi connectivity index (χ0v) is 15.0. The molecule has 1 aromatic heterocycles. The van der Waals surface area contributed by atoms with Crippen molar-refractivity contribution >= 4 is 61.8 Å². The van der Waals surface area contributed by atoms with Gasteiger partial charge in [0.25, 0.3) is 0 Å². The van der Waals surface area contributed by atoms with E-state index >= 15 is 0 Å². The molecule has 0 spiro atoms. The number of imide groups is 1. The monoisotopic (exact) mass is 413 g/mol. The molecule has 23 heavy (non-hydrogen) atoms. The predicted octanol–water partition coefficient (Wildman–Crippen LogP) is 2.69.